The third-order valence-electron chi connectivity index (χ3n) is 3.78. The van der Waals surface area contributed by atoms with Gasteiger partial charge in [0.1, 0.15) is 6.29 Å². The van der Waals surface area contributed by atoms with Crippen molar-refractivity contribution in [2.75, 3.05) is 14.2 Å². The highest BCUT2D eigenvalue weighted by Crippen LogP contribution is 2.36. The third kappa shape index (κ3) is 3.88. The lowest BCUT2D eigenvalue weighted by Crippen LogP contribution is -2.07. The Balaban J connectivity index is 2.41. The molecule has 0 amide bonds. The van der Waals surface area contributed by atoms with Crippen molar-refractivity contribution >= 4 is 6.29 Å². The fourth-order valence-corrected chi connectivity index (χ4v) is 2.53. The predicted octanol–water partition coefficient (Wildman–Crippen LogP) is 4.44. The van der Waals surface area contributed by atoms with E-state index in [0.717, 1.165) is 24.0 Å². The van der Waals surface area contributed by atoms with Crippen LogP contribution in [0.15, 0.2) is 42.5 Å². The molecule has 0 aliphatic rings. The van der Waals surface area contributed by atoms with Crippen LogP contribution in [0.2, 0.25) is 0 Å². The molecule has 3 nitrogen and oxygen atoms in total. The van der Waals surface area contributed by atoms with Crippen molar-refractivity contribution in [3.63, 3.8) is 0 Å². The van der Waals surface area contributed by atoms with Crippen LogP contribution in [0.5, 0.6) is 11.5 Å². The number of hydrogen-bond donors (Lipinski definition) is 0. The Morgan fingerprint density at radius 3 is 2.04 bits per heavy atom. The Labute approximate surface area is 138 Å². The molecule has 1 atom stereocenters. The van der Waals surface area contributed by atoms with E-state index in [2.05, 4.69) is 0 Å². The standard InChI is InChI=1S/C18H17F3O3/c1-23-16-8-5-13(11-17(16)24-2)15(9-10-22)12-3-6-14(7-4-12)18(19,20)21/h3-8,10-11,15H,9H2,1-2H3. The first-order valence-corrected chi connectivity index (χ1v) is 7.23. The molecule has 2 aromatic carbocycles. The molecule has 0 fully saturated rings. The van der Waals surface area contributed by atoms with Crippen molar-refractivity contribution < 1.29 is 27.4 Å². The summed E-state index contributed by atoms with van der Waals surface area (Å²) in [7, 11) is 3.00. The zero-order valence-corrected chi connectivity index (χ0v) is 13.3. The van der Waals surface area contributed by atoms with Crippen molar-refractivity contribution in [2.45, 2.75) is 18.5 Å². The molecule has 0 bridgehead atoms. The Morgan fingerprint density at radius 2 is 1.54 bits per heavy atom. The topological polar surface area (TPSA) is 35.5 Å². The SMILES string of the molecule is COc1ccc(C(CC=O)c2ccc(C(F)(F)F)cc2)cc1OC. The van der Waals surface area contributed by atoms with E-state index >= 15 is 0 Å². The molecule has 0 radical (unpaired) electrons. The second-order valence-corrected chi connectivity index (χ2v) is 5.19. The Morgan fingerprint density at radius 1 is 0.958 bits per heavy atom. The van der Waals surface area contributed by atoms with E-state index in [4.69, 9.17) is 9.47 Å². The first-order chi connectivity index (χ1) is 11.4. The summed E-state index contributed by atoms with van der Waals surface area (Å²) in [5.74, 6) is 0.681. The van der Waals surface area contributed by atoms with Gasteiger partial charge in [-0.2, -0.15) is 13.2 Å². The minimum atomic E-state index is -4.39. The van der Waals surface area contributed by atoms with Crippen molar-refractivity contribution in [1.29, 1.82) is 0 Å². The van der Waals surface area contributed by atoms with Crippen LogP contribution in [0, 0.1) is 0 Å². The van der Waals surface area contributed by atoms with E-state index in [-0.39, 0.29) is 12.3 Å². The molecule has 0 spiro atoms. The van der Waals surface area contributed by atoms with Gasteiger partial charge in [-0.1, -0.05) is 18.2 Å². The minimum Gasteiger partial charge on any atom is -0.493 e. The monoisotopic (exact) mass is 338 g/mol. The van der Waals surface area contributed by atoms with Gasteiger partial charge in [-0.25, -0.2) is 0 Å². The van der Waals surface area contributed by atoms with E-state index in [1.807, 2.05) is 0 Å². The second-order valence-electron chi connectivity index (χ2n) is 5.19. The van der Waals surface area contributed by atoms with Gasteiger partial charge in [-0.3, -0.25) is 0 Å². The van der Waals surface area contributed by atoms with Gasteiger partial charge in [0.15, 0.2) is 11.5 Å². The number of rotatable bonds is 6. The van der Waals surface area contributed by atoms with E-state index in [9.17, 15) is 18.0 Å². The molecule has 0 saturated heterocycles. The normalized spacial score (nSPS) is 12.5. The van der Waals surface area contributed by atoms with Crippen LogP contribution in [0.3, 0.4) is 0 Å². The molecular formula is C18H17F3O3. The molecule has 6 heteroatoms. The van der Waals surface area contributed by atoms with E-state index in [1.165, 1.54) is 26.4 Å². The molecule has 0 aromatic heterocycles. The largest absolute Gasteiger partial charge is 0.493 e. The number of methoxy groups -OCH3 is 2. The van der Waals surface area contributed by atoms with Gasteiger partial charge in [-0.05, 0) is 35.4 Å². The number of halogens is 3. The molecule has 1 unspecified atom stereocenters. The molecule has 2 aromatic rings. The van der Waals surface area contributed by atoms with Gasteiger partial charge >= 0.3 is 6.18 Å². The number of ether oxygens (including phenoxy) is 2. The summed E-state index contributed by atoms with van der Waals surface area (Å²) < 4.78 is 48.5. The zero-order valence-electron chi connectivity index (χ0n) is 13.3. The van der Waals surface area contributed by atoms with Crippen LogP contribution >= 0.6 is 0 Å². The van der Waals surface area contributed by atoms with Crippen molar-refractivity contribution in [3.8, 4) is 11.5 Å². The third-order valence-corrected chi connectivity index (χ3v) is 3.78. The fraction of sp³-hybridized carbons (Fsp3) is 0.278. The van der Waals surface area contributed by atoms with Gasteiger partial charge in [-0.15, -0.1) is 0 Å². The van der Waals surface area contributed by atoms with Crippen LogP contribution < -0.4 is 9.47 Å². The number of hydrogen-bond acceptors (Lipinski definition) is 3. The lowest BCUT2D eigenvalue weighted by Gasteiger charge is -2.18. The average Bonchev–Trinajstić information content (AvgIpc) is 2.58. The minimum absolute atomic E-state index is 0.154. The highest BCUT2D eigenvalue weighted by molar-refractivity contribution is 5.55. The molecular weight excluding hydrogens is 321 g/mol. The lowest BCUT2D eigenvalue weighted by atomic mass is 9.88. The van der Waals surface area contributed by atoms with Crippen LogP contribution in [-0.2, 0) is 11.0 Å². The maximum atomic E-state index is 12.7. The molecule has 0 N–H and O–H groups in total. The first kappa shape index (κ1) is 17.8. The number of aldehydes is 1. The lowest BCUT2D eigenvalue weighted by molar-refractivity contribution is -0.137. The number of benzene rings is 2. The van der Waals surface area contributed by atoms with Gasteiger partial charge in [0.05, 0.1) is 19.8 Å². The molecule has 128 valence electrons. The fourth-order valence-electron chi connectivity index (χ4n) is 2.53. The quantitative estimate of drug-likeness (QED) is 0.730. The second kappa shape index (κ2) is 7.38. The van der Waals surface area contributed by atoms with Crippen LogP contribution in [0.4, 0.5) is 13.2 Å². The van der Waals surface area contributed by atoms with Crippen LogP contribution in [0.25, 0.3) is 0 Å². The molecule has 0 heterocycles. The average molecular weight is 338 g/mol. The van der Waals surface area contributed by atoms with Gasteiger partial charge < -0.3 is 14.3 Å². The number of carbonyl (C=O) groups excluding carboxylic acids is 1. The Bertz CT molecular complexity index is 694. The van der Waals surface area contributed by atoms with Crippen molar-refractivity contribution in [1.82, 2.24) is 0 Å². The highest BCUT2D eigenvalue weighted by Gasteiger charge is 2.30. The van der Waals surface area contributed by atoms with Gasteiger partial charge in [0.2, 0.25) is 0 Å². The summed E-state index contributed by atoms with van der Waals surface area (Å²) in [6.07, 6.45) is -3.48. The molecule has 0 aliphatic carbocycles. The molecule has 0 aliphatic heterocycles. The maximum Gasteiger partial charge on any atom is 0.416 e. The molecule has 24 heavy (non-hydrogen) atoms. The zero-order chi connectivity index (χ0) is 17.7. The van der Waals surface area contributed by atoms with E-state index < -0.39 is 11.7 Å². The molecule has 2 rings (SSSR count). The predicted molar refractivity (Wildman–Crippen MR) is 83.5 cm³/mol. The van der Waals surface area contributed by atoms with Gasteiger partial charge in [0.25, 0.3) is 0 Å². The summed E-state index contributed by atoms with van der Waals surface area (Å²) in [6, 6.07) is 10.0. The summed E-state index contributed by atoms with van der Waals surface area (Å²) in [6.45, 7) is 0. The summed E-state index contributed by atoms with van der Waals surface area (Å²) >= 11 is 0. The summed E-state index contributed by atoms with van der Waals surface area (Å²) in [4.78, 5) is 11.0. The Hall–Kier alpha value is -2.50. The van der Waals surface area contributed by atoms with Crippen molar-refractivity contribution in [2.24, 2.45) is 0 Å². The summed E-state index contributed by atoms with van der Waals surface area (Å²) in [5, 5.41) is 0. The number of carbonyl (C=O) groups is 1. The Kier molecular flexibility index (Phi) is 5.49. The first-order valence-electron chi connectivity index (χ1n) is 7.23. The van der Waals surface area contributed by atoms with E-state index in [1.54, 1.807) is 18.2 Å². The van der Waals surface area contributed by atoms with E-state index in [0.29, 0.717) is 17.1 Å². The number of alkyl halides is 3. The summed E-state index contributed by atoms with van der Waals surface area (Å²) in [5.41, 5.74) is 0.672. The van der Waals surface area contributed by atoms with Crippen molar-refractivity contribution in [3.05, 3.63) is 59.2 Å². The maximum absolute atomic E-state index is 12.7. The van der Waals surface area contributed by atoms with Crippen LogP contribution in [0.1, 0.15) is 29.0 Å². The van der Waals surface area contributed by atoms with Crippen LogP contribution in [-0.4, -0.2) is 20.5 Å². The van der Waals surface area contributed by atoms with Gasteiger partial charge in [0, 0.05) is 12.3 Å². The smallest absolute Gasteiger partial charge is 0.416 e. The highest BCUT2D eigenvalue weighted by atomic mass is 19.4. The molecule has 0 saturated carbocycles.